The number of hydrogen-bond acceptors (Lipinski definition) is 2. The van der Waals surface area contributed by atoms with E-state index in [1.165, 1.54) is 12.1 Å². The van der Waals surface area contributed by atoms with Crippen molar-refractivity contribution >= 4 is 5.91 Å². The van der Waals surface area contributed by atoms with Crippen LogP contribution in [0, 0.1) is 5.92 Å². The number of carbonyl (C=O) groups is 1. The van der Waals surface area contributed by atoms with Gasteiger partial charge in [0.15, 0.2) is 0 Å². The third kappa shape index (κ3) is 3.89. The van der Waals surface area contributed by atoms with Gasteiger partial charge in [0.2, 0.25) is 5.91 Å². The predicted molar refractivity (Wildman–Crippen MR) is 93.8 cm³/mol. The summed E-state index contributed by atoms with van der Waals surface area (Å²) >= 11 is 0. The standard InChI is InChI=1S/C21H22F3NO2/c22-21(23,24)15-9-7-14(8-10-15)18-12-19(18)20(26)25(16-4-1-2-5-16)13-17-6-3-11-27-17/h3,6-11,16,18-19H,1-2,4-5,12-13H2. The first-order valence-corrected chi connectivity index (χ1v) is 9.43. The molecule has 2 aromatic rings. The number of halogens is 3. The Balaban J connectivity index is 1.46. The maximum Gasteiger partial charge on any atom is 0.416 e. The topological polar surface area (TPSA) is 33.5 Å². The molecule has 0 N–H and O–H groups in total. The van der Waals surface area contributed by atoms with E-state index in [1.54, 1.807) is 6.26 Å². The predicted octanol–water partition coefficient (Wildman–Crippen LogP) is 5.37. The highest BCUT2D eigenvalue weighted by atomic mass is 19.4. The van der Waals surface area contributed by atoms with Crippen molar-refractivity contribution in [1.82, 2.24) is 4.90 Å². The lowest BCUT2D eigenvalue weighted by Gasteiger charge is -2.28. The van der Waals surface area contributed by atoms with Gasteiger partial charge in [-0.3, -0.25) is 4.79 Å². The third-order valence-electron chi connectivity index (χ3n) is 5.73. The minimum atomic E-state index is -4.33. The molecule has 0 radical (unpaired) electrons. The molecule has 27 heavy (non-hydrogen) atoms. The minimum absolute atomic E-state index is 0.0142. The summed E-state index contributed by atoms with van der Waals surface area (Å²) < 4.78 is 43.6. The molecular formula is C21H22F3NO2. The van der Waals surface area contributed by atoms with Crippen LogP contribution in [0.3, 0.4) is 0 Å². The second-order valence-electron chi connectivity index (χ2n) is 7.55. The summed E-state index contributed by atoms with van der Waals surface area (Å²) in [5.74, 6) is 0.739. The Morgan fingerprint density at radius 2 is 1.81 bits per heavy atom. The number of furan rings is 1. The SMILES string of the molecule is O=C(C1CC1c1ccc(C(F)(F)F)cc1)N(Cc1ccco1)C1CCCC1. The Morgan fingerprint density at radius 3 is 2.41 bits per heavy atom. The van der Waals surface area contributed by atoms with Crippen LogP contribution in [0.1, 0.15) is 54.9 Å². The van der Waals surface area contributed by atoms with Crippen molar-refractivity contribution in [3.8, 4) is 0 Å². The highest BCUT2D eigenvalue weighted by molar-refractivity contribution is 5.83. The fraction of sp³-hybridized carbons (Fsp3) is 0.476. The molecule has 4 rings (SSSR count). The van der Waals surface area contributed by atoms with Crippen molar-refractivity contribution < 1.29 is 22.4 Å². The zero-order valence-electron chi connectivity index (χ0n) is 14.9. The normalized spacial score (nSPS) is 22.8. The van der Waals surface area contributed by atoms with E-state index in [-0.39, 0.29) is 23.8 Å². The van der Waals surface area contributed by atoms with Crippen LogP contribution in [0.25, 0.3) is 0 Å². The van der Waals surface area contributed by atoms with Crippen LogP contribution in [0.5, 0.6) is 0 Å². The van der Waals surface area contributed by atoms with E-state index >= 15 is 0 Å². The Kier molecular flexibility index (Phi) is 4.74. The zero-order valence-corrected chi connectivity index (χ0v) is 14.9. The molecule has 1 amide bonds. The van der Waals surface area contributed by atoms with Crippen LogP contribution in [-0.2, 0) is 17.5 Å². The summed E-state index contributed by atoms with van der Waals surface area (Å²) in [7, 11) is 0. The minimum Gasteiger partial charge on any atom is -0.467 e. The van der Waals surface area contributed by atoms with Gasteiger partial charge in [0.25, 0.3) is 0 Å². The Labute approximate surface area is 156 Å². The van der Waals surface area contributed by atoms with Crippen LogP contribution in [0.4, 0.5) is 13.2 Å². The number of alkyl halides is 3. The van der Waals surface area contributed by atoms with Crippen molar-refractivity contribution in [3.05, 3.63) is 59.5 Å². The first kappa shape index (κ1) is 18.1. The molecule has 2 fully saturated rings. The zero-order chi connectivity index (χ0) is 19.0. The molecule has 0 saturated heterocycles. The number of rotatable bonds is 5. The Hall–Kier alpha value is -2.24. The lowest BCUT2D eigenvalue weighted by molar-refractivity contribution is -0.138. The monoisotopic (exact) mass is 377 g/mol. The summed E-state index contributed by atoms with van der Waals surface area (Å²) in [6, 6.07) is 9.14. The van der Waals surface area contributed by atoms with E-state index in [0.29, 0.717) is 13.0 Å². The van der Waals surface area contributed by atoms with Gasteiger partial charge in [0.05, 0.1) is 18.4 Å². The van der Waals surface area contributed by atoms with Crippen LogP contribution in [0.2, 0.25) is 0 Å². The average molecular weight is 377 g/mol. The number of nitrogens with zero attached hydrogens (tertiary/aromatic N) is 1. The lowest BCUT2D eigenvalue weighted by atomic mass is 10.1. The molecular weight excluding hydrogens is 355 g/mol. The van der Waals surface area contributed by atoms with Gasteiger partial charge in [-0.2, -0.15) is 13.2 Å². The number of hydrogen-bond donors (Lipinski definition) is 0. The van der Waals surface area contributed by atoms with Crippen molar-refractivity contribution in [3.63, 3.8) is 0 Å². The van der Waals surface area contributed by atoms with Gasteiger partial charge in [0, 0.05) is 12.0 Å². The molecule has 2 saturated carbocycles. The number of amides is 1. The molecule has 0 bridgehead atoms. The van der Waals surface area contributed by atoms with Gasteiger partial charge in [-0.15, -0.1) is 0 Å². The Morgan fingerprint density at radius 1 is 1.11 bits per heavy atom. The van der Waals surface area contributed by atoms with Crippen LogP contribution in [0.15, 0.2) is 47.1 Å². The number of benzene rings is 1. The third-order valence-corrected chi connectivity index (χ3v) is 5.73. The molecule has 6 heteroatoms. The van der Waals surface area contributed by atoms with E-state index in [9.17, 15) is 18.0 Å². The maximum absolute atomic E-state index is 13.1. The smallest absolute Gasteiger partial charge is 0.416 e. The summed E-state index contributed by atoms with van der Waals surface area (Å²) in [5.41, 5.74) is 0.158. The first-order chi connectivity index (χ1) is 12.9. The van der Waals surface area contributed by atoms with Gasteiger partial charge in [-0.1, -0.05) is 25.0 Å². The maximum atomic E-state index is 13.1. The molecule has 2 aliphatic carbocycles. The molecule has 2 atom stereocenters. The summed E-state index contributed by atoms with van der Waals surface area (Å²) in [6.45, 7) is 0.465. The van der Waals surface area contributed by atoms with E-state index in [0.717, 1.165) is 49.1 Å². The molecule has 0 spiro atoms. The van der Waals surface area contributed by atoms with E-state index in [2.05, 4.69) is 0 Å². The Bertz CT molecular complexity index is 777. The molecule has 0 aliphatic heterocycles. The molecule has 3 nitrogen and oxygen atoms in total. The molecule has 2 aliphatic rings. The van der Waals surface area contributed by atoms with Crippen molar-refractivity contribution in [2.45, 2.75) is 56.8 Å². The van der Waals surface area contributed by atoms with Crippen molar-refractivity contribution in [2.24, 2.45) is 5.92 Å². The van der Waals surface area contributed by atoms with E-state index in [1.807, 2.05) is 17.0 Å². The molecule has 1 heterocycles. The summed E-state index contributed by atoms with van der Waals surface area (Å²) in [6.07, 6.45) is 2.23. The molecule has 1 aromatic heterocycles. The highest BCUT2D eigenvalue weighted by Crippen LogP contribution is 2.49. The van der Waals surface area contributed by atoms with Crippen LogP contribution < -0.4 is 0 Å². The largest absolute Gasteiger partial charge is 0.467 e. The van der Waals surface area contributed by atoms with Gasteiger partial charge < -0.3 is 9.32 Å². The van der Waals surface area contributed by atoms with Gasteiger partial charge >= 0.3 is 6.18 Å². The quantitative estimate of drug-likeness (QED) is 0.702. The summed E-state index contributed by atoms with van der Waals surface area (Å²) in [4.78, 5) is 15.1. The highest BCUT2D eigenvalue weighted by Gasteiger charge is 2.47. The fourth-order valence-electron chi connectivity index (χ4n) is 4.14. The van der Waals surface area contributed by atoms with Gasteiger partial charge in [-0.25, -0.2) is 0 Å². The van der Waals surface area contributed by atoms with Gasteiger partial charge in [-0.05, 0) is 55.0 Å². The second-order valence-corrected chi connectivity index (χ2v) is 7.55. The fourth-order valence-corrected chi connectivity index (χ4v) is 4.14. The lowest BCUT2D eigenvalue weighted by Crippen LogP contribution is -2.39. The van der Waals surface area contributed by atoms with Crippen LogP contribution >= 0.6 is 0 Å². The van der Waals surface area contributed by atoms with E-state index in [4.69, 9.17) is 4.42 Å². The number of carbonyl (C=O) groups excluding carboxylic acids is 1. The van der Waals surface area contributed by atoms with Crippen LogP contribution in [-0.4, -0.2) is 16.8 Å². The second kappa shape index (κ2) is 7.06. The molecule has 144 valence electrons. The average Bonchev–Trinajstić information content (AvgIpc) is 3.02. The van der Waals surface area contributed by atoms with Crippen molar-refractivity contribution in [2.75, 3.05) is 0 Å². The van der Waals surface area contributed by atoms with Gasteiger partial charge in [0.1, 0.15) is 5.76 Å². The summed E-state index contributed by atoms with van der Waals surface area (Å²) in [5, 5.41) is 0. The molecule has 1 aromatic carbocycles. The van der Waals surface area contributed by atoms with Crippen molar-refractivity contribution in [1.29, 1.82) is 0 Å². The molecule has 2 unspecified atom stereocenters. The van der Waals surface area contributed by atoms with E-state index < -0.39 is 11.7 Å². The first-order valence-electron chi connectivity index (χ1n) is 9.43.